The fourth-order valence-electron chi connectivity index (χ4n) is 3.27. The van der Waals surface area contributed by atoms with Crippen molar-refractivity contribution in [3.8, 4) is 5.95 Å². The van der Waals surface area contributed by atoms with Crippen LogP contribution in [0.15, 0.2) is 36.7 Å². The standard InChI is InChI=1S/C18H22N6O2S/c1-13-10-26-8-7-23(13)17-9-14(11-27(2,19)25)21-18(22-17)24-12-20-15-5-3-4-6-16(15)24/h3-6,9,12-13,19H,7-8,10-11H2,1-2H3/t13-,27?/m1/s1. The first-order valence-electron chi connectivity index (χ1n) is 8.77. The van der Waals surface area contributed by atoms with Gasteiger partial charge in [-0.2, -0.15) is 4.98 Å². The van der Waals surface area contributed by atoms with E-state index >= 15 is 0 Å². The van der Waals surface area contributed by atoms with Crippen molar-refractivity contribution in [2.24, 2.45) is 0 Å². The minimum Gasteiger partial charge on any atom is -0.377 e. The zero-order valence-electron chi connectivity index (χ0n) is 15.3. The third kappa shape index (κ3) is 3.79. The quantitative estimate of drug-likeness (QED) is 0.738. The Bertz CT molecular complexity index is 1080. The number of fused-ring (bicyclic) bond motifs is 1. The van der Waals surface area contributed by atoms with Crippen LogP contribution in [0.3, 0.4) is 0 Å². The lowest BCUT2D eigenvalue weighted by Gasteiger charge is -2.34. The van der Waals surface area contributed by atoms with E-state index < -0.39 is 9.73 Å². The highest BCUT2D eigenvalue weighted by molar-refractivity contribution is 7.90. The van der Waals surface area contributed by atoms with Crippen LogP contribution in [0.25, 0.3) is 17.0 Å². The number of ether oxygens (including phenoxy) is 1. The van der Waals surface area contributed by atoms with Crippen molar-refractivity contribution >= 4 is 26.6 Å². The molecule has 27 heavy (non-hydrogen) atoms. The molecule has 2 aromatic heterocycles. The lowest BCUT2D eigenvalue weighted by Crippen LogP contribution is -2.44. The van der Waals surface area contributed by atoms with Gasteiger partial charge in [-0.3, -0.25) is 9.35 Å². The summed E-state index contributed by atoms with van der Waals surface area (Å²) in [5.41, 5.74) is 2.35. The number of nitrogens with one attached hydrogen (secondary N) is 1. The van der Waals surface area contributed by atoms with Gasteiger partial charge in [0.05, 0.1) is 41.7 Å². The molecule has 0 spiro atoms. The first-order chi connectivity index (χ1) is 12.9. The molecule has 8 nitrogen and oxygen atoms in total. The predicted molar refractivity (Wildman–Crippen MR) is 105 cm³/mol. The number of imidazole rings is 1. The van der Waals surface area contributed by atoms with Crippen molar-refractivity contribution < 1.29 is 8.95 Å². The van der Waals surface area contributed by atoms with E-state index in [0.29, 0.717) is 24.9 Å². The van der Waals surface area contributed by atoms with Crippen molar-refractivity contribution in [2.45, 2.75) is 18.7 Å². The zero-order valence-corrected chi connectivity index (χ0v) is 16.1. The van der Waals surface area contributed by atoms with Gasteiger partial charge < -0.3 is 9.64 Å². The summed E-state index contributed by atoms with van der Waals surface area (Å²) in [6, 6.07) is 9.78. The number of nitrogens with zero attached hydrogens (tertiary/aromatic N) is 5. The van der Waals surface area contributed by atoms with E-state index in [1.807, 2.05) is 34.9 Å². The van der Waals surface area contributed by atoms with Gasteiger partial charge in [0.2, 0.25) is 5.95 Å². The Balaban J connectivity index is 1.85. The maximum absolute atomic E-state index is 12.1. The molecule has 0 radical (unpaired) electrons. The number of benzene rings is 1. The number of aromatic nitrogens is 4. The smallest absolute Gasteiger partial charge is 0.237 e. The molecule has 1 unspecified atom stereocenters. The Labute approximate surface area is 158 Å². The van der Waals surface area contributed by atoms with Gasteiger partial charge in [-0.1, -0.05) is 12.1 Å². The fraction of sp³-hybridized carbons (Fsp3) is 0.389. The summed E-state index contributed by atoms with van der Waals surface area (Å²) in [4.78, 5) is 15.9. The Morgan fingerprint density at radius 3 is 2.93 bits per heavy atom. The molecule has 1 N–H and O–H groups in total. The summed E-state index contributed by atoms with van der Waals surface area (Å²) >= 11 is 0. The molecular formula is C18H22N6O2S. The minimum atomic E-state index is -2.72. The molecule has 0 bridgehead atoms. The molecule has 3 aromatic rings. The molecule has 1 fully saturated rings. The van der Waals surface area contributed by atoms with E-state index in [9.17, 15) is 4.21 Å². The van der Waals surface area contributed by atoms with Crippen LogP contribution in [0, 0.1) is 4.78 Å². The summed E-state index contributed by atoms with van der Waals surface area (Å²) in [6.07, 6.45) is 3.12. The van der Waals surface area contributed by atoms with E-state index in [1.54, 1.807) is 6.33 Å². The molecule has 142 valence electrons. The van der Waals surface area contributed by atoms with Gasteiger partial charge in [0.25, 0.3) is 0 Å². The van der Waals surface area contributed by atoms with Crippen LogP contribution >= 0.6 is 0 Å². The molecular weight excluding hydrogens is 364 g/mol. The summed E-state index contributed by atoms with van der Waals surface area (Å²) in [5, 5.41) is 0. The Kier molecular flexibility index (Phi) is 4.56. The zero-order chi connectivity index (χ0) is 19.0. The van der Waals surface area contributed by atoms with E-state index in [1.165, 1.54) is 6.26 Å². The van der Waals surface area contributed by atoms with Crippen LogP contribution in [0.4, 0.5) is 5.82 Å². The molecule has 4 rings (SSSR count). The Morgan fingerprint density at radius 2 is 2.15 bits per heavy atom. The molecule has 3 heterocycles. The SMILES string of the molecule is C[C@@H]1COCCN1c1cc(CS(C)(=N)=O)nc(-n2cnc3ccccc32)n1. The second-order valence-electron chi connectivity index (χ2n) is 6.89. The molecule has 1 aliphatic rings. The van der Waals surface area contributed by atoms with Crippen molar-refractivity contribution in [2.75, 3.05) is 30.9 Å². The molecule has 1 saturated heterocycles. The van der Waals surface area contributed by atoms with Crippen LogP contribution in [0.5, 0.6) is 0 Å². The Morgan fingerprint density at radius 1 is 1.33 bits per heavy atom. The molecule has 9 heteroatoms. The number of para-hydroxylation sites is 2. The monoisotopic (exact) mass is 386 g/mol. The highest BCUT2D eigenvalue weighted by Crippen LogP contribution is 2.22. The third-order valence-corrected chi connectivity index (χ3v) is 5.35. The van der Waals surface area contributed by atoms with Crippen molar-refractivity contribution in [3.63, 3.8) is 0 Å². The topological polar surface area (TPSA) is 97.0 Å². The van der Waals surface area contributed by atoms with Crippen molar-refractivity contribution in [1.82, 2.24) is 19.5 Å². The minimum absolute atomic E-state index is 0.0842. The number of morpholine rings is 1. The van der Waals surface area contributed by atoms with Gasteiger partial charge in [-0.25, -0.2) is 14.2 Å². The largest absolute Gasteiger partial charge is 0.377 e. The van der Waals surface area contributed by atoms with Gasteiger partial charge in [-0.15, -0.1) is 0 Å². The normalized spacial score (nSPS) is 19.9. The van der Waals surface area contributed by atoms with Crippen LogP contribution in [-0.4, -0.2) is 55.8 Å². The van der Waals surface area contributed by atoms with Gasteiger partial charge in [0.1, 0.15) is 12.1 Å². The third-order valence-electron chi connectivity index (χ3n) is 4.51. The first kappa shape index (κ1) is 17.9. The first-order valence-corrected chi connectivity index (χ1v) is 10.9. The molecule has 0 saturated carbocycles. The number of rotatable bonds is 4. The second kappa shape index (κ2) is 6.90. The molecule has 0 aliphatic carbocycles. The second-order valence-corrected chi connectivity index (χ2v) is 9.19. The van der Waals surface area contributed by atoms with E-state index in [4.69, 9.17) is 14.5 Å². The van der Waals surface area contributed by atoms with E-state index in [0.717, 1.165) is 23.4 Å². The van der Waals surface area contributed by atoms with E-state index in [-0.39, 0.29) is 11.8 Å². The molecule has 1 aliphatic heterocycles. The molecule has 1 aromatic carbocycles. The summed E-state index contributed by atoms with van der Waals surface area (Å²) in [6.45, 7) is 4.08. The number of hydrogen-bond donors (Lipinski definition) is 1. The summed E-state index contributed by atoms with van der Waals surface area (Å²) in [7, 11) is -2.72. The maximum Gasteiger partial charge on any atom is 0.237 e. The van der Waals surface area contributed by atoms with Crippen molar-refractivity contribution in [1.29, 1.82) is 4.78 Å². The molecule has 0 amide bonds. The number of anilines is 1. The predicted octanol–water partition coefficient (Wildman–Crippen LogP) is 2.22. The van der Waals surface area contributed by atoms with Gasteiger partial charge >= 0.3 is 0 Å². The molecule has 2 atom stereocenters. The van der Waals surface area contributed by atoms with Gasteiger partial charge in [0.15, 0.2) is 0 Å². The van der Waals surface area contributed by atoms with E-state index in [2.05, 4.69) is 21.8 Å². The lowest BCUT2D eigenvalue weighted by atomic mass is 10.2. The average molecular weight is 386 g/mol. The van der Waals surface area contributed by atoms with Crippen LogP contribution in [-0.2, 0) is 20.2 Å². The number of hydrogen-bond acceptors (Lipinski definition) is 7. The fourth-order valence-corrected chi connectivity index (χ4v) is 3.98. The van der Waals surface area contributed by atoms with Gasteiger partial charge in [-0.05, 0) is 19.1 Å². The van der Waals surface area contributed by atoms with Crippen LogP contribution in [0.2, 0.25) is 0 Å². The summed E-state index contributed by atoms with van der Waals surface area (Å²) < 4.78 is 27.2. The van der Waals surface area contributed by atoms with Gasteiger partial charge in [0, 0.05) is 28.6 Å². The lowest BCUT2D eigenvalue weighted by molar-refractivity contribution is 0.0985. The average Bonchev–Trinajstić information content (AvgIpc) is 3.04. The van der Waals surface area contributed by atoms with Crippen LogP contribution in [0.1, 0.15) is 12.6 Å². The maximum atomic E-state index is 12.1. The van der Waals surface area contributed by atoms with Crippen LogP contribution < -0.4 is 4.90 Å². The highest BCUT2D eigenvalue weighted by Gasteiger charge is 2.22. The highest BCUT2D eigenvalue weighted by atomic mass is 32.2. The Hall–Kier alpha value is -2.52. The summed E-state index contributed by atoms with van der Waals surface area (Å²) in [5.74, 6) is 1.31. The van der Waals surface area contributed by atoms with Crippen molar-refractivity contribution in [3.05, 3.63) is 42.4 Å².